The van der Waals surface area contributed by atoms with Crippen molar-refractivity contribution in [3.05, 3.63) is 0 Å². The van der Waals surface area contributed by atoms with E-state index in [2.05, 4.69) is 4.74 Å². The zero-order chi connectivity index (χ0) is 9.14. The van der Waals surface area contributed by atoms with Crippen molar-refractivity contribution in [2.24, 2.45) is 0 Å². The summed E-state index contributed by atoms with van der Waals surface area (Å²) in [5.74, 6) is -0.512. The Balaban J connectivity index is 2.21. The van der Waals surface area contributed by atoms with Crippen LogP contribution < -0.4 is 0 Å². The third-order valence-corrected chi connectivity index (χ3v) is 1.68. The first-order valence-corrected chi connectivity index (χ1v) is 3.60. The average molecular weight is 173 g/mol. The van der Waals surface area contributed by atoms with Crippen LogP contribution in [0.5, 0.6) is 0 Å². The van der Waals surface area contributed by atoms with Gasteiger partial charge in [0.05, 0.1) is 6.54 Å². The van der Waals surface area contributed by atoms with Crippen molar-refractivity contribution in [2.75, 3.05) is 20.4 Å². The zero-order valence-corrected chi connectivity index (χ0v) is 7.07. The molecule has 0 unspecified atom stereocenters. The standard InChI is InChI=1S/C7H11NO4/c1-5(9)12-4-8-3-6(11-2)7(8)10/h6H,3-4H2,1-2H3/t6-/m1/s1. The number of β-lactam (4-membered cyclic amide) rings is 1. The third-order valence-electron chi connectivity index (χ3n) is 1.68. The van der Waals surface area contributed by atoms with E-state index in [-0.39, 0.29) is 24.7 Å². The fourth-order valence-electron chi connectivity index (χ4n) is 0.920. The summed E-state index contributed by atoms with van der Waals surface area (Å²) in [7, 11) is 1.48. The summed E-state index contributed by atoms with van der Waals surface area (Å²) in [4.78, 5) is 22.8. The number of nitrogens with zero attached hydrogens (tertiary/aromatic N) is 1. The van der Waals surface area contributed by atoms with Gasteiger partial charge < -0.3 is 14.4 Å². The summed E-state index contributed by atoms with van der Waals surface area (Å²) >= 11 is 0. The Morgan fingerprint density at radius 1 is 1.75 bits per heavy atom. The molecule has 1 atom stereocenters. The van der Waals surface area contributed by atoms with E-state index >= 15 is 0 Å². The number of methoxy groups -OCH3 is 1. The van der Waals surface area contributed by atoms with Gasteiger partial charge in [-0.3, -0.25) is 9.59 Å². The van der Waals surface area contributed by atoms with E-state index in [1.807, 2.05) is 0 Å². The molecule has 0 aromatic carbocycles. The van der Waals surface area contributed by atoms with Crippen LogP contribution in [0.15, 0.2) is 0 Å². The fourth-order valence-corrected chi connectivity index (χ4v) is 0.920. The third kappa shape index (κ3) is 1.73. The van der Waals surface area contributed by atoms with Gasteiger partial charge in [-0.25, -0.2) is 0 Å². The second-order valence-electron chi connectivity index (χ2n) is 2.55. The number of hydrogen-bond donors (Lipinski definition) is 0. The van der Waals surface area contributed by atoms with Crippen LogP contribution in [0.1, 0.15) is 6.92 Å². The van der Waals surface area contributed by atoms with E-state index in [1.165, 1.54) is 18.9 Å². The van der Waals surface area contributed by atoms with Gasteiger partial charge in [0.2, 0.25) is 0 Å². The molecule has 1 amide bonds. The van der Waals surface area contributed by atoms with Crippen molar-refractivity contribution in [3.63, 3.8) is 0 Å². The highest BCUT2D eigenvalue weighted by Crippen LogP contribution is 2.12. The molecule has 1 aliphatic heterocycles. The lowest BCUT2D eigenvalue weighted by Crippen LogP contribution is -2.57. The van der Waals surface area contributed by atoms with Gasteiger partial charge in [-0.05, 0) is 0 Å². The maximum Gasteiger partial charge on any atom is 0.304 e. The molecule has 12 heavy (non-hydrogen) atoms. The van der Waals surface area contributed by atoms with E-state index in [4.69, 9.17) is 4.74 Å². The first-order chi connectivity index (χ1) is 5.65. The van der Waals surface area contributed by atoms with Crippen LogP contribution in [0.3, 0.4) is 0 Å². The van der Waals surface area contributed by atoms with Crippen molar-refractivity contribution < 1.29 is 19.1 Å². The largest absolute Gasteiger partial charge is 0.444 e. The molecule has 1 heterocycles. The molecule has 0 N–H and O–H groups in total. The molecular weight excluding hydrogens is 162 g/mol. The summed E-state index contributed by atoms with van der Waals surface area (Å²) in [6, 6.07) is 0. The van der Waals surface area contributed by atoms with Gasteiger partial charge in [-0.1, -0.05) is 0 Å². The summed E-state index contributed by atoms with van der Waals surface area (Å²) in [5, 5.41) is 0. The lowest BCUT2D eigenvalue weighted by molar-refractivity contribution is -0.171. The predicted octanol–water partition coefficient (Wildman–Crippen LogP) is -0.636. The van der Waals surface area contributed by atoms with Crippen molar-refractivity contribution in [2.45, 2.75) is 13.0 Å². The highest BCUT2D eigenvalue weighted by atomic mass is 16.5. The van der Waals surface area contributed by atoms with Crippen LogP contribution in [0.2, 0.25) is 0 Å². The summed E-state index contributed by atoms with van der Waals surface area (Å²) in [5.41, 5.74) is 0. The molecule has 1 aliphatic rings. The highest BCUT2D eigenvalue weighted by molar-refractivity contribution is 5.86. The van der Waals surface area contributed by atoms with Gasteiger partial charge in [-0.15, -0.1) is 0 Å². The minimum atomic E-state index is -0.385. The molecule has 0 radical (unpaired) electrons. The molecule has 1 saturated heterocycles. The molecule has 68 valence electrons. The number of rotatable bonds is 3. The van der Waals surface area contributed by atoms with E-state index in [1.54, 1.807) is 0 Å². The van der Waals surface area contributed by atoms with Gasteiger partial charge in [-0.2, -0.15) is 0 Å². The van der Waals surface area contributed by atoms with Crippen LogP contribution >= 0.6 is 0 Å². The summed E-state index contributed by atoms with van der Waals surface area (Å²) < 4.78 is 9.42. The van der Waals surface area contributed by atoms with Gasteiger partial charge in [0, 0.05) is 14.0 Å². The highest BCUT2D eigenvalue weighted by Gasteiger charge is 2.36. The van der Waals surface area contributed by atoms with E-state index in [0.29, 0.717) is 6.54 Å². The molecule has 5 heteroatoms. The minimum absolute atomic E-state index is 0.0357. The molecule has 0 bridgehead atoms. The Hall–Kier alpha value is -1.10. The molecule has 0 saturated carbocycles. The van der Waals surface area contributed by atoms with Crippen LogP contribution in [0, 0.1) is 0 Å². The monoisotopic (exact) mass is 173 g/mol. The second kappa shape index (κ2) is 3.53. The maximum absolute atomic E-state index is 11.0. The van der Waals surface area contributed by atoms with Gasteiger partial charge in [0.25, 0.3) is 5.91 Å². The molecule has 0 aromatic heterocycles. The Morgan fingerprint density at radius 2 is 2.42 bits per heavy atom. The van der Waals surface area contributed by atoms with Gasteiger partial charge in [0.15, 0.2) is 12.8 Å². The van der Waals surface area contributed by atoms with Crippen LogP contribution in [-0.4, -0.2) is 43.3 Å². The average Bonchev–Trinajstić information content (AvgIpc) is 2.02. The normalized spacial score (nSPS) is 22.0. The molecule has 0 spiro atoms. The first kappa shape index (κ1) is 8.99. The minimum Gasteiger partial charge on any atom is -0.444 e. The number of esters is 1. The van der Waals surface area contributed by atoms with Crippen molar-refractivity contribution in [3.8, 4) is 0 Å². The predicted molar refractivity (Wildman–Crippen MR) is 39.1 cm³/mol. The maximum atomic E-state index is 11.0. The molecule has 0 aromatic rings. The lowest BCUT2D eigenvalue weighted by atomic mass is 10.2. The Kier molecular flexibility index (Phi) is 2.65. The topological polar surface area (TPSA) is 55.8 Å². The number of likely N-dealkylation sites (tertiary alicyclic amines) is 1. The SMILES string of the molecule is CO[C@@H]1CN(COC(C)=O)C1=O. The quantitative estimate of drug-likeness (QED) is 0.421. The number of hydrogen-bond acceptors (Lipinski definition) is 4. The van der Waals surface area contributed by atoms with Crippen molar-refractivity contribution >= 4 is 11.9 Å². The number of ether oxygens (including phenoxy) is 2. The van der Waals surface area contributed by atoms with E-state index in [9.17, 15) is 9.59 Å². The Labute approximate surface area is 70.2 Å². The summed E-state index contributed by atoms with van der Waals surface area (Å²) in [6.45, 7) is 1.84. The van der Waals surface area contributed by atoms with Crippen molar-refractivity contribution in [1.82, 2.24) is 4.90 Å². The van der Waals surface area contributed by atoms with Crippen molar-refractivity contribution in [1.29, 1.82) is 0 Å². The number of carbonyl (C=O) groups is 2. The molecule has 1 fully saturated rings. The Morgan fingerprint density at radius 3 is 2.83 bits per heavy atom. The van der Waals surface area contributed by atoms with Crippen LogP contribution in [-0.2, 0) is 19.1 Å². The van der Waals surface area contributed by atoms with Gasteiger partial charge in [0.1, 0.15) is 0 Å². The smallest absolute Gasteiger partial charge is 0.304 e. The number of carbonyl (C=O) groups excluding carboxylic acids is 2. The van der Waals surface area contributed by atoms with E-state index < -0.39 is 0 Å². The zero-order valence-electron chi connectivity index (χ0n) is 7.07. The lowest BCUT2D eigenvalue weighted by Gasteiger charge is -2.36. The second-order valence-corrected chi connectivity index (χ2v) is 2.55. The van der Waals surface area contributed by atoms with E-state index in [0.717, 1.165) is 0 Å². The fraction of sp³-hybridized carbons (Fsp3) is 0.714. The first-order valence-electron chi connectivity index (χ1n) is 3.60. The summed E-state index contributed by atoms with van der Waals surface area (Å²) in [6.07, 6.45) is -0.347. The Bertz CT molecular complexity index is 204. The van der Waals surface area contributed by atoms with Gasteiger partial charge >= 0.3 is 5.97 Å². The molecule has 5 nitrogen and oxygen atoms in total. The number of amides is 1. The van der Waals surface area contributed by atoms with Crippen LogP contribution in [0.4, 0.5) is 0 Å². The molecular formula is C7H11NO4. The molecule has 1 rings (SSSR count). The molecule has 0 aliphatic carbocycles. The van der Waals surface area contributed by atoms with Crippen LogP contribution in [0.25, 0.3) is 0 Å².